The highest BCUT2D eigenvalue weighted by molar-refractivity contribution is 4.88. The van der Waals surface area contributed by atoms with Gasteiger partial charge in [-0.25, -0.2) is 0 Å². The third-order valence-corrected chi connectivity index (χ3v) is 4.00. The van der Waals surface area contributed by atoms with Crippen molar-refractivity contribution >= 4 is 0 Å². The van der Waals surface area contributed by atoms with E-state index >= 15 is 0 Å². The lowest BCUT2D eigenvalue weighted by Gasteiger charge is -2.27. The minimum Gasteiger partial charge on any atom is -0.389 e. The molecular weight excluding hydrogens is 202 g/mol. The molecule has 0 amide bonds. The van der Waals surface area contributed by atoms with Crippen molar-refractivity contribution in [2.45, 2.75) is 46.1 Å². The SMILES string of the molecule is CCOCC(O)CN1CCC(CC)(CC)C1. The van der Waals surface area contributed by atoms with Crippen LogP contribution in [0.25, 0.3) is 0 Å². The van der Waals surface area contributed by atoms with Gasteiger partial charge in [-0.05, 0) is 38.1 Å². The molecule has 0 spiro atoms. The fraction of sp³-hybridized carbons (Fsp3) is 1.00. The summed E-state index contributed by atoms with van der Waals surface area (Å²) in [6.45, 7) is 10.7. The highest BCUT2D eigenvalue weighted by atomic mass is 16.5. The Kier molecular flexibility index (Phi) is 5.73. The van der Waals surface area contributed by atoms with Crippen LogP contribution >= 0.6 is 0 Å². The first-order valence-electron chi connectivity index (χ1n) is 6.64. The van der Waals surface area contributed by atoms with Crippen LogP contribution in [0.4, 0.5) is 0 Å². The zero-order chi connectivity index (χ0) is 12.0. The summed E-state index contributed by atoms with van der Waals surface area (Å²) < 4.78 is 5.23. The van der Waals surface area contributed by atoms with E-state index in [1.807, 2.05) is 6.92 Å². The molecule has 0 radical (unpaired) electrons. The summed E-state index contributed by atoms with van der Waals surface area (Å²) >= 11 is 0. The van der Waals surface area contributed by atoms with Crippen molar-refractivity contribution in [2.75, 3.05) is 32.8 Å². The van der Waals surface area contributed by atoms with E-state index < -0.39 is 0 Å². The van der Waals surface area contributed by atoms with Gasteiger partial charge in [-0.2, -0.15) is 0 Å². The molecule has 3 heteroatoms. The highest BCUT2D eigenvalue weighted by Gasteiger charge is 2.35. The van der Waals surface area contributed by atoms with Crippen molar-refractivity contribution in [3.05, 3.63) is 0 Å². The van der Waals surface area contributed by atoms with E-state index in [1.54, 1.807) is 0 Å². The number of rotatable bonds is 7. The molecule has 96 valence electrons. The van der Waals surface area contributed by atoms with Gasteiger partial charge in [0.1, 0.15) is 0 Å². The molecule has 3 nitrogen and oxygen atoms in total. The molecule has 1 rings (SSSR count). The Labute approximate surface area is 99.8 Å². The molecule has 0 aromatic rings. The summed E-state index contributed by atoms with van der Waals surface area (Å²) in [4.78, 5) is 2.39. The molecule has 16 heavy (non-hydrogen) atoms. The number of β-amino-alcohol motifs (C(OH)–C–C–N with tert-alkyl or cyclic N) is 1. The normalized spacial score (nSPS) is 22.5. The minimum absolute atomic E-state index is 0.329. The van der Waals surface area contributed by atoms with Gasteiger partial charge in [0.05, 0.1) is 12.7 Å². The van der Waals surface area contributed by atoms with E-state index in [4.69, 9.17) is 4.74 Å². The maximum absolute atomic E-state index is 9.79. The van der Waals surface area contributed by atoms with Crippen LogP contribution in [0.1, 0.15) is 40.0 Å². The van der Waals surface area contributed by atoms with Crippen molar-refractivity contribution in [3.8, 4) is 0 Å². The number of ether oxygens (including phenoxy) is 1. The maximum atomic E-state index is 9.79. The molecule has 1 aliphatic rings. The fourth-order valence-electron chi connectivity index (χ4n) is 2.62. The predicted molar refractivity (Wildman–Crippen MR) is 66.6 cm³/mol. The van der Waals surface area contributed by atoms with Gasteiger partial charge >= 0.3 is 0 Å². The second-order valence-corrected chi connectivity index (χ2v) is 5.01. The molecular formula is C13H27NO2. The van der Waals surface area contributed by atoms with E-state index in [0.717, 1.165) is 19.6 Å². The van der Waals surface area contributed by atoms with Gasteiger partial charge in [-0.1, -0.05) is 13.8 Å². The van der Waals surface area contributed by atoms with Gasteiger partial charge in [-0.3, -0.25) is 0 Å². The summed E-state index contributed by atoms with van der Waals surface area (Å²) in [5.74, 6) is 0. The second-order valence-electron chi connectivity index (χ2n) is 5.01. The predicted octanol–water partition coefficient (Wildman–Crippen LogP) is 1.90. The zero-order valence-corrected chi connectivity index (χ0v) is 11.0. The van der Waals surface area contributed by atoms with Gasteiger partial charge in [-0.15, -0.1) is 0 Å². The first kappa shape index (κ1) is 13.9. The summed E-state index contributed by atoms with van der Waals surface area (Å²) in [5, 5.41) is 9.79. The number of aliphatic hydroxyl groups is 1. The molecule has 0 bridgehead atoms. The number of nitrogens with zero attached hydrogens (tertiary/aromatic N) is 1. The van der Waals surface area contributed by atoms with Crippen LogP contribution in [0.3, 0.4) is 0 Å². The quantitative estimate of drug-likeness (QED) is 0.723. The van der Waals surface area contributed by atoms with Crippen LogP contribution in [-0.2, 0) is 4.74 Å². The average molecular weight is 229 g/mol. The third-order valence-electron chi connectivity index (χ3n) is 4.00. The molecule has 1 N–H and O–H groups in total. The first-order valence-corrected chi connectivity index (χ1v) is 6.64. The van der Waals surface area contributed by atoms with Gasteiger partial charge in [0.25, 0.3) is 0 Å². The van der Waals surface area contributed by atoms with Gasteiger partial charge < -0.3 is 14.7 Å². The Balaban J connectivity index is 2.30. The van der Waals surface area contributed by atoms with Crippen molar-refractivity contribution in [2.24, 2.45) is 5.41 Å². The molecule has 0 aliphatic carbocycles. The Morgan fingerprint density at radius 2 is 2.00 bits per heavy atom. The van der Waals surface area contributed by atoms with Crippen LogP contribution in [-0.4, -0.2) is 49.0 Å². The number of aliphatic hydroxyl groups excluding tert-OH is 1. The molecule has 1 atom stereocenters. The first-order chi connectivity index (χ1) is 7.65. The summed E-state index contributed by atoms with van der Waals surface area (Å²) in [6.07, 6.45) is 3.45. The fourth-order valence-corrected chi connectivity index (χ4v) is 2.62. The lowest BCUT2D eigenvalue weighted by Crippen LogP contribution is -2.35. The van der Waals surface area contributed by atoms with Crippen LogP contribution in [0, 0.1) is 5.41 Å². The lowest BCUT2D eigenvalue weighted by molar-refractivity contribution is 0.0231. The Hall–Kier alpha value is -0.120. The second kappa shape index (κ2) is 6.58. The zero-order valence-electron chi connectivity index (χ0n) is 11.0. The van der Waals surface area contributed by atoms with E-state index in [9.17, 15) is 5.11 Å². The Morgan fingerprint density at radius 1 is 1.31 bits per heavy atom. The molecule has 1 heterocycles. The standard InChI is InChI=1S/C13H27NO2/c1-4-13(5-2)7-8-14(11-13)9-12(15)10-16-6-3/h12,15H,4-11H2,1-3H3. The topological polar surface area (TPSA) is 32.7 Å². The Bertz CT molecular complexity index is 192. The van der Waals surface area contributed by atoms with E-state index in [0.29, 0.717) is 18.6 Å². The molecule has 1 unspecified atom stereocenters. The smallest absolute Gasteiger partial charge is 0.0900 e. The molecule has 1 aliphatic heterocycles. The summed E-state index contributed by atoms with van der Waals surface area (Å²) in [6, 6.07) is 0. The summed E-state index contributed by atoms with van der Waals surface area (Å²) in [5.41, 5.74) is 0.505. The van der Waals surface area contributed by atoms with Gasteiger partial charge in [0.15, 0.2) is 0 Å². The molecule has 0 saturated carbocycles. The van der Waals surface area contributed by atoms with Crippen molar-refractivity contribution in [3.63, 3.8) is 0 Å². The average Bonchev–Trinajstić information content (AvgIpc) is 2.70. The van der Waals surface area contributed by atoms with Crippen LogP contribution in [0.2, 0.25) is 0 Å². The molecule has 1 fully saturated rings. The monoisotopic (exact) mass is 229 g/mol. The maximum Gasteiger partial charge on any atom is 0.0900 e. The van der Waals surface area contributed by atoms with Gasteiger partial charge in [0, 0.05) is 19.7 Å². The lowest BCUT2D eigenvalue weighted by atomic mass is 9.82. The van der Waals surface area contributed by atoms with E-state index in [1.165, 1.54) is 19.3 Å². The van der Waals surface area contributed by atoms with Crippen molar-refractivity contribution in [1.82, 2.24) is 4.90 Å². The van der Waals surface area contributed by atoms with Crippen LogP contribution in [0.15, 0.2) is 0 Å². The number of hydrogen-bond acceptors (Lipinski definition) is 3. The molecule has 0 aromatic heterocycles. The molecule has 0 aromatic carbocycles. The highest BCUT2D eigenvalue weighted by Crippen LogP contribution is 2.36. The largest absolute Gasteiger partial charge is 0.389 e. The van der Waals surface area contributed by atoms with Crippen LogP contribution < -0.4 is 0 Å². The van der Waals surface area contributed by atoms with Crippen LogP contribution in [0.5, 0.6) is 0 Å². The van der Waals surface area contributed by atoms with Crippen molar-refractivity contribution in [1.29, 1.82) is 0 Å². The van der Waals surface area contributed by atoms with E-state index in [2.05, 4.69) is 18.7 Å². The number of hydrogen-bond donors (Lipinski definition) is 1. The molecule has 1 saturated heterocycles. The number of likely N-dealkylation sites (tertiary alicyclic amines) is 1. The van der Waals surface area contributed by atoms with Crippen molar-refractivity contribution < 1.29 is 9.84 Å². The van der Waals surface area contributed by atoms with Gasteiger partial charge in [0.2, 0.25) is 0 Å². The van der Waals surface area contributed by atoms with E-state index in [-0.39, 0.29) is 6.10 Å². The minimum atomic E-state index is -0.329. The Morgan fingerprint density at radius 3 is 2.50 bits per heavy atom. The third kappa shape index (κ3) is 3.72. The summed E-state index contributed by atoms with van der Waals surface area (Å²) in [7, 11) is 0.